The highest BCUT2D eigenvalue weighted by Gasteiger charge is 2.30. The molecule has 0 aromatic heterocycles. The molecule has 0 bridgehead atoms. The molecule has 5 heteroatoms. The third-order valence-electron chi connectivity index (χ3n) is 2.37. The van der Waals surface area contributed by atoms with E-state index in [1.54, 1.807) is 4.90 Å². The fraction of sp³-hybridized carbons (Fsp3) is 0.667. The van der Waals surface area contributed by atoms with Gasteiger partial charge in [-0.2, -0.15) is 0 Å². The van der Waals surface area contributed by atoms with E-state index in [9.17, 15) is 9.59 Å². The molecule has 0 aliphatic carbocycles. The Morgan fingerprint density at radius 3 is 2.65 bits per heavy atom. The van der Waals surface area contributed by atoms with E-state index in [4.69, 9.17) is 4.74 Å². The van der Waals surface area contributed by atoms with Crippen molar-refractivity contribution in [3.63, 3.8) is 0 Å². The maximum absolute atomic E-state index is 11.7. The van der Waals surface area contributed by atoms with Crippen molar-refractivity contribution in [3.05, 3.63) is 12.7 Å². The highest BCUT2D eigenvalue weighted by molar-refractivity contribution is 5.87. The van der Waals surface area contributed by atoms with Crippen LogP contribution in [0, 0.1) is 0 Å². The first-order valence-electron chi connectivity index (χ1n) is 5.72. The van der Waals surface area contributed by atoms with Gasteiger partial charge in [0.1, 0.15) is 5.60 Å². The second kappa shape index (κ2) is 5.21. The van der Waals surface area contributed by atoms with Gasteiger partial charge >= 0.3 is 6.09 Å². The molecule has 0 spiro atoms. The molecule has 17 heavy (non-hydrogen) atoms. The van der Waals surface area contributed by atoms with E-state index in [1.165, 1.54) is 6.08 Å². The van der Waals surface area contributed by atoms with Gasteiger partial charge in [0.05, 0.1) is 0 Å². The number of likely N-dealkylation sites (tertiary alicyclic amines) is 1. The maximum atomic E-state index is 11.7. The lowest BCUT2D eigenvalue weighted by Gasteiger charge is -2.24. The number of carbonyl (C=O) groups is 2. The SMILES string of the molecule is C=CC(=O)NC1CCN(C(=O)OC(C)(C)C)C1. The molecule has 1 aliphatic heterocycles. The summed E-state index contributed by atoms with van der Waals surface area (Å²) in [5, 5.41) is 2.77. The minimum Gasteiger partial charge on any atom is -0.444 e. The van der Waals surface area contributed by atoms with Crippen LogP contribution in [0.3, 0.4) is 0 Å². The zero-order valence-corrected chi connectivity index (χ0v) is 10.7. The summed E-state index contributed by atoms with van der Waals surface area (Å²) in [5.74, 6) is -0.207. The molecule has 2 amide bonds. The van der Waals surface area contributed by atoms with E-state index in [0.717, 1.165) is 6.42 Å². The topological polar surface area (TPSA) is 58.6 Å². The average Bonchev–Trinajstić information content (AvgIpc) is 2.63. The van der Waals surface area contributed by atoms with Gasteiger partial charge in [-0.1, -0.05) is 6.58 Å². The average molecular weight is 240 g/mol. The summed E-state index contributed by atoms with van der Waals surface area (Å²) in [5.41, 5.74) is -0.487. The lowest BCUT2D eigenvalue weighted by Crippen LogP contribution is -2.39. The molecule has 1 N–H and O–H groups in total. The Balaban J connectivity index is 2.42. The number of rotatable bonds is 2. The zero-order valence-electron chi connectivity index (χ0n) is 10.7. The highest BCUT2D eigenvalue weighted by atomic mass is 16.6. The molecule has 0 aromatic rings. The second-order valence-electron chi connectivity index (χ2n) is 5.12. The first-order valence-corrected chi connectivity index (χ1v) is 5.72. The quantitative estimate of drug-likeness (QED) is 0.740. The molecule has 0 saturated carbocycles. The summed E-state index contributed by atoms with van der Waals surface area (Å²) in [7, 11) is 0. The second-order valence-corrected chi connectivity index (χ2v) is 5.12. The number of nitrogens with zero attached hydrogens (tertiary/aromatic N) is 1. The summed E-state index contributed by atoms with van der Waals surface area (Å²) < 4.78 is 5.26. The third kappa shape index (κ3) is 4.46. The van der Waals surface area contributed by atoms with Crippen molar-refractivity contribution >= 4 is 12.0 Å². The molecule has 96 valence electrons. The minimum atomic E-state index is -0.487. The van der Waals surface area contributed by atoms with Gasteiger partial charge in [-0.05, 0) is 33.3 Å². The van der Waals surface area contributed by atoms with Gasteiger partial charge in [-0.3, -0.25) is 4.79 Å². The van der Waals surface area contributed by atoms with Gasteiger partial charge < -0.3 is 15.0 Å². The van der Waals surface area contributed by atoms with Crippen molar-refractivity contribution in [2.45, 2.75) is 38.8 Å². The van der Waals surface area contributed by atoms with Gasteiger partial charge in [-0.25, -0.2) is 4.79 Å². The number of carbonyl (C=O) groups excluding carboxylic acids is 2. The van der Waals surface area contributed by atoms with Crippen molar-refractivity contribution in [1.82, 2.24) is 10.2 Å². The maximum Gasteiger partial charge on any atom is 0.410 e. The summed E-state index contributed by atoms with van der Waals surface area (Å²) in [4.78, 5) is 24.5. The first kappa shape index (κ1) is 13.5. The van der Waals surface area contributed by atoms with Crippen LogP contribution in [-0.2, 0) is 9.53 Å². The summed E-state index contributed by atoms with van der Waals surface area (Å²) >= 11 is 0. The largest absolute Gasteiger partial charge is 0.444 e. The highest BCUT2D eigenvalue weighted by Crippen LogP contribution is 2.15. The molecule has 1 saturated heterocycles. The molecular formula is C12H20N2O3. The van der Waals surface area contributed by atoms with Gasteiger partial charge in [0.25, 0.3) is 0 Å². The summed E-state index contributed by atoms with van der Waals surface area (Å²) in [6.45, 7) is 9.98. The van der Waals surface area contributed by atoms with Crippen molar-refractivity contribution in [2.24, 2.45) is 0 Å². The van der Waals surface area contributed by atoms with Crippen LogP contribution in [0.5, 0.6) is 0 Å². The summed E-state index contributed by atoms with van der Waals surface area (Å²) in [6.07, 6.45) is 1.66. The van der Waals surface area contributed by atoms with Crippen LogP contribution < -0.4 is 5.32 Å². The standard InChI is InChI=1S/C12H20N2O3/c1-5-10(15)13-9-6-7-14(8-9)11(16)17-12(2,3)4/h5,9H,1,6-8H2,2-4H3,(H,13,15). The van der Waals surface area contributed by atoms with Crippen molar-refractivity contribution in [3.8, 4) is 0 Å². The van der Waals surface area contributed by atoms with Crippen LogP contribution in [0.15, 0.2) is 12.7 Å². The monoisotopic (exact) mass is 240 g/mol. The van der Waals surface area contributed by atoms with Gasteiger partial charge in [0.2, 0.25) is 5.91 Å². The number of amides is 2. The Morgan fingerprint density at radius 2 is 2.12 bits per heavy atom. The van der Waals surface area contributed by atoms with Crippen LogP contribution in [-0.4, -0.2) is 41.6 Å². The fourth-order valence-electron chi connectivity index (χ4n) is 1.63. The molecular weight excluding hydrogens is 220 g/mol. The Kier molecular flexibility index (Phi) is 4.15. The first-order chi connectivity index (χ1) is 7.81. The number of ether oxygens (including phenoxy) is 1. The van der Waals surface area contributed by atoms with Crippen LogP contribution in [0.1, 0.15) is 27.2 Å². The fourth-order valence-corrected chi connectivity index (χ4v) is 1.63. The van der Waals surface area contributed by atoms with Crippen molar-refractivity contribution < 1.29 is 14.3 Å². The van der Waals surface area contributed by atoms with E-state index in [-0.39, 0.29) is 18.0 Å². The molecule has 5 nitrogen and oxygen atoms in total. The van der Waals surface area contributed by atoms with E-state index in [2.05, 4.69) is 11.9 Å². The Bertz CT molecular complexity index is 320. The van der Waals surface area contributed by atoms with Crippen LogP contribution >= 0.6 is 0 Å². The van der Waals surface area contributed by atoms with Crippen molar-refractivity contribution in [1.29, 1.82) is 0 Å². The number of hydrogen-bond donors (Lipinski definition) is 1. The molecule has 1 heterocycles. The Labute approximate surface area is 102 Å². The smallest absolute Gasteiger partial charge is 0.410 e. The van der Waals surface area contributed by atoms with E-state index in [0.29, 0.717) is 13.1 Å². The minimum absolute atomic E-state index is 0.00646. The van der Waals surface area contributed by atoms with E-state index < -0.39 is 5.60 Å². The molecule has 1 atom stereocenters. The predicted molar refractivity (Wildman–Crippen MR) is 64.6 cm³/mol. The molecule has 0 radical (unpaired) electrons. The molecule has 1 unspecified atom stereocenters. The van der Waals surface area contributed by atoms with Crippen LogP contribution in [0.2, 0.25) is 0 Å². The molecule has 1 rings (SSSR count). The van der Waals surface area contributed by atoms with Gasteiger partial charge in [0, 0.05) is 19.1 Å². The Hall–Kier alpha value is -1.52. The van der Waals surface area contributed by atoms with Crippen LogP contribution in [0.25, 0.3) is 0 Å². The Morgan fingerprint density at radius 1 is 1.47 bits per heavy atom. The third-order valence-corrected chi connectivity index (χ3v) is 2.37. The van der Waals surface area contributed by atoms with Crippen molar-refractivity contribution in [2.75, 3.05) is 13.1 Å². The van der Waals surface area contributed by atoms with E-state index >= 15 is 0 Å². The lowest BCUT2D eigenvalue weighted by molar-refractivity contribution is -0.117. The summed E-state index contributed by atoms with van der Waals surface area (Å²) in [6, 6.07) is -0.00646. The number of nitrogens with one attached hydrogen (secondary N) is 1. The normalized spacial score (nSPS) is 19.9. The molecule has 1 aliphatic rings. The lowest BCUT2D eigenvalue weighted by atomic mass is 10.2. The predicted octanol–water partition coefficient (Wildman–Crippen LogP) is 1.30. The van der Waals surface area contributed by atoms with Gasteiger partial charge in [0.15, 0.2) is 0 Å². The van der Waals surface area contributed by atoms with Crippen LogP contribution in [0.4, 0.5) is 4.79 Å². The number of hydrogen-bond acceptors (Lipinski definition) is 3. The van der Waals surface area contributed by atoms with Gasteiger partial charge in [-0.15, -0.1) is 0 Å². The van der Waals surface area contributed by atoms with E-state index in [1.807, 2.05) is 20.8 Å². The molecule has 0 aromatic carbocycles. The molecule has 1 fully saturated rings. The zero-order chi connectivity index (χ0) is 13.1.